The van der Waals surface area contributed by atoms with E-state index in [1.807, 2.05) is 42.5 Å². The molecule has 0 fully saturated rings. The lowest BCUT2D eigenvalue weighted by Crippen LogP contribution is -2.31. The minimum Gasteiger partial charge on any atom is -0.481 e. The molecule has 0 radical (unpaired) electrons. The molecule has 11 heteroatoms. The molecule has 1 unspecified atom stereocenters. The molecule has 0 aliphatic heterocycles. The van der Waals surface area contributed by atoms with E-state index in [0.29, 0.717) is 47.1 Å². The smallest absolute Gasteiger partial charge is 0.267 e. The van der Waals surface area contributed by atoms with Crippen molar-refractivity contribution in [1.82, 2.24) is 29.9 Å². The third-order valence-electron chi connectivity index (χ3n) is 5.96. The van der Waals surface area contributed by atoms with Gasteiger partial charge in [-0.05, 0) is 49.4 Å². The van der Waals surface area contributed by atoms with E-state index in [9.17, 15) is 10.1 Å². The molecule has 1 amide bonds. The number of amides is 1. The molecule has 0 saturated carbocycles. The molecule has 0 spiro atoms. The Balaban J connectivity index is 1.43. The van der Waals surface area contributed by atoms with Crippen LogP contribution in [0.15, 0.2) is 85.1 Å². The highest BCUT2D eigenvalue weighted by atomic mass is 16.5. The number of rotatable bonds is 10. The number of pyridine rings is 1. The Kier molecular flexibility index (Phi) is 8.32. The molecule has 3 aromatic heterocycles. The maximum absolute atomic E-state index is 13.0. The van der Waals surface area contributed by atoms with Crippen LogP contribution in [0.4, 0.5) is 5.95 Å². The summed E-state index contributed by atoms with van der Waals surface area (Å²) in [7, 11) is 1.62. The number of anilines is 1. The third kappa shape index (κ3) is 6.95. The van der Waals surface area contributed by atoms with Crippen molar-refractivity contribution in [3.8, 4) is 34.5 Å². The summed E-state index contributed by atoms with van der Waals surface area (Å²) in [5.74, 6) is 0.211. The van der Waals surface area contributed by atoms with E-state index in [1.54, 1.807) is 61.3 Å². The van der Waals surface area contributed by atoms with Crippen LogP contribution in [0.3, 0.4) is 0 Å². The van der Waals surface area contributed by atoms with Gasteiger partial charge in [-0.1, -0.05) is 41.6 Å². The molecular formula is C30H26N8O3. The number of nitrogens with one attached hydrogen (secondary N) is 1. The van der Waals surface area contributed by atoms with Gasteiger partial charge >= 0.3 is 0 Å². The summed E-state index contributed by atoms with van der Waals surface area (Å²) in [5.41, 5.74) is 4.20. The van der Waals surface area contributed by atoms with E-state index >= 15 is 0 Å². The van der Waals surface area contributed by atoms with Gasteiger partial charge in [-0.25, -0.2) is 14.6 Å². The van der Waals surface area contributed by atoms with Crippen molar-refractivity contribution in [3.63, 3.8) is 0 Å². The van der Waals surface area contributed by atoms with Gasteiger partial charge in [0.1, 0.15) is 11.4 Å². The Morgan fingerprint density at radius 1 is 0.951 bits per heavy atom. The first-order chi connectivity index (χ1) is 20.0. The highest BCUT2D eigenvalue weighted by molar-refractivity contribution is 5.93. The Morgan fingerprint density at radius 2 is 1.73 bits per heavy atom. The fraction of sp³-hybridized carbons (Fsp3) is 0.167. The molecule has 0 aliphatic carbocycles. The zero-order valence-corrected chi connectivity index (χ0v) is 22.4. The summed E-state index contributed by atoms with van der Waals surface area (Å²) in [5, 5.41) is 20.7. The summed E-state index contributed by atoms with van der Waals surface area (Å²) in [6.45, 7) is 2.45. The van der Waals surface area contributed by atoms with Crippen LogP contribution < -0.4 is 10.1 Å². The van der Waals surface area contributed by atoms with Crippen molar-refractivity contribution >= 4 is 11.9 Å². The number of nitrogens with zero attached hydrogens (tertiary/aromatic N) is 7. The Hall–Kier alpha value is -5.47. The molecule has 5 aromatic rings. The van der Waals surface area contributed by atoms with E-state index in [0.717, 1.165) is 11.4 Å². The number of para-hydroxylation sites is 1. The quantitative estimate of drug-likeness (QED) is 0.272. The van der Waals surface area contributed by atoms with Gasteiger partial charge in [0.15, 0.2) is 6.10 Å². The summed E-state index contributed by atoms with van der Waals surface area (Å²) >= 11 is 0. The van der Waals surface area contributed by atoms with E-state index in [4.69, 9.17) is 9.47 Å². The number of aromatic nitrogens is 6. The van der Waals surface area contributed by atoms with Gasteiger partial charge in [0.25, 0.3) is 5.91 Å². The monoisotopic (exact) mass is 546 g/mol. The number of carbonyl (C=O) groups excluding carboxylic acids is 1. The Morgan fingerprint density at radius 3 is 2.54 bits per heavy atom. The summed E-state index contributed by atoms with van der Waals surface area (Å²) < 4.78 is 12.6. The van der Waals surface area contributed by atoms with E-state index in [-0.39, 0.29) is 5.95 Å². The molecule has 204 valence electrons. The second-order valence-electron chi connectivity index (χ2n) is 9.07. The summed E-state index contributed by atoms with van der Waals surface area (Å²) in [6.07, 6.45) is 0.937. The molecule has 1 N–H and O–H groups in total. The average molecular weight is 547 g/mol. The number of benzene rings is 2. The number of hydrogen-bond donors (Lipinski definition) is 1. The zero-order chi connectivity index (χ0) is 28.6. The van der Waals surface area contributed by atoms with E-state index in [2.05, 4.69) is 36.7 Å². The number of carbonyl (C=O) groups is 1. The Bertz CT molecular complexity index is 1700. The van der Waals surface area contributed by atoms with Crippen LogP contribution in [0.1, 0.15) is 23.9 Å². The molecule has 5 rings (SSSR count). The second kappa shape index (κ2) is 12.6. The lowest BCUT2D eigenvalue weighted by molar-refractivity contribution is -0.122. The highest BCUT2D eigenvalue weighted by Gasteiger charge is 2.19. The fourth-order valence-corrected chi connectivity index (χ4v) is 4.00. The minimum absolute atomic E-state index is 0.0665. The first-order valence-corrected chi connectivity index (χ1v) is 12.8. The van der Waals surface area contributed by atoms with Crippen LogP contribution >= 0.6 is 0 Å². The van der Waals surface area contributed by atoms with Gasteiger partial charge in [0.05, 0.1) is 53.8 Å². The second-order valence-corrected chi connectivity index (χ2v) is 9.07. The lowest BCUT2D eigenvalue weighted by Gasteiger charge is -2.14. The van der Waals surface area contributed by atoms with Gasteiger partial charge in [0, 0.05) is 12.7 Å². The van der Waals surface area contributed by atoms with Crippen molar-refractivity contribution < 1.29 is 14.3 Å². The molecule has 41 heavy (non-hydrogen) atoms. The minimum atomic E-state index is -0.808. The molecule has 0 bridgehead atoms. The van der Waals surface area contributed by atoms with Gasteiger partial charge in [0.2, 0.25) is 5.95 Å². The van der Waals surface area contributed by atoms with Crippen molar-refractivity contribution in [1.29, 1.82) is 5.26 Å². The maximum Gasteiger partial charge on any atom is 0.267 e. The van der Waals surface area contributed by atoms with Gasteiger partial charge in [-0.3, -0.25) is 15.1 Å². The maximum atomic E-state index is 13.0. The molecule has 11 nitrogen and oxygen atoms in total. The summed E-state index contributed by atoms with van der Waals surface area (Å²) in [4.78, 5) is 26.7. The predicted octanol–water partition coefficient (Wildman–Crippen LogP) is 4.27. The van der Waals surface area contributed by atoms with Crippen molar-refractivity contribution in [2.45, 2.75) is 26.2 Å². The van der Waals surface area contributed by atoms with Crippen LogP contribution in [0.2, 0.25) is 0 Å². The van der Waals surface area contributed by atoms with Crippen molar-refractivity contribution in [2.75, 3.05) is 12.4 Å². The molecule has 3 heterocycles. The molecule has 1 atom stereocenters. The van der Waals surface area contributed by atoms with Crippen LogP contribution in [0, 0.1) is 11.3 Å². The first kappa shape index (κ1) is 27.1. The molecule has 0 aliphatic rings. The van der Waals surface area contributed by atoms with Gasteiger partial charge in [-0.15, -0.1) is 5.10 Å². The fourth-order valence-electron chi connectivity index (χ4n) is 4.00. The number of methoxy groups -OCH3 is 1. The number of nitriles is 1. The normalized spacial score (nSPS) is 11.4. The Labute approximate surface area is 236 Å². The standard InChI is InChI=1S/C30H26N8O3/c1-20(41-25-12-4-3-5-13-25)29(39)35-30-33-26(22-9-6-8-21(14-22)16-31)15-27(34-30)28-18-38(37-36-28)17-23-10-7-11-24(32-23)19-40-2/h3-15,18,20H,17,19H2,1-2H3,(H,33,34,35,39). The largest absolute Gasteiger partial charge is 0.481 e. The lowest BCUT2D eigenvalue weighted by atomic mass is 10.1. The first-order valence-electron chi connectivity index (χ1n) is 12.8. The van der Waals surface area contributed by atoms with Crippen LogP contribution in [0.5, 0.6) is 5.75 Å². The number of hydrogen-bond acceptors (Lipinski definition) is 9. The van der Waals surface area contributed by atoms with Gasteiger partial charge in [-0.2, -0.15) is 5.26 Å². The SMILES string of the molecule is COCc1cccc(Cn2cc(-c3cc(-c4cccc(C#N)c4)nc(NC(=O)C(C)Oc4ccccc4)n3)nn2)n1. The van der Waals surface area contributed by atoms with Crippen molar-refractivity contribution in [3.05, 3.63) is 102 Å². The topological polar surface area (TPSA) is 141 Å². The molecule has 0 saturated heterocycles. The van der Waals surface area contributed by atoms with Crippen LogP contribution in [0.25, 0.3) is 22.6 Å². The zero-order valence-electron chi connectivity index (χ0n) is 22.4. The van der Waals surface area contributed by atoms with Crippen LogP contribution in [-0.4, -0.2) is 49.1 Å². The predicted molar refractivity (Wildman–Crippen MR) is 150 cm³/mol. The van der Waals surface area contributed by atoms with Crippen molar-refractivity contribution in [2.24, 2.45) is 0 Å². The average Bonchev–Trinajstić information content (AvgIpc) is 3.46. The van der Waals surface area contributed by atoms with E-state index in [1.165, 1.54) is 0 Å². The summed E-state index contributed by atoms with van der Waals surface area (Å²) in [6, 6.07) is 25.7. The number of ether oxygens (including phenoxy) is 2. The molecular weight excluding hydrogens is 520 g/mol. The highest BCUT2D eigenvalue weighted by Crippen LogP contribution is 2.25. The third-order valence-corrected chi connectivity index (χ3v) is 5.96. The van der Waals surface area contributed by atoms with Gasteiger partial charge < -0.3 is 9.47 Å². The van der Waals surface area contributed by atoms with Crippen LogP contribution in [-0.2, 0) is 22.7 Å². The van der Waals surface area contributed by atoms with E-state index < -0.39 is 12.0 Å². The molecule has 2 aromatic carbocycles.